The first kappa shape index (κ1) is 15.7. The summed E-state index contributed by atoms with van der Waals surface area (Å²) in [4.78, 5) is 10.4. The fraction of sp³-hybridized carbons (Fsp3) is 0.235. The minimum Gasteiger partial charge on any atom is -0.491 e. The molecule has 0 bridgehead atoms. The number of anilines is 1. The normalized spacial score (nSPS) is 10.2. The number of carboxylic acids is 1. The van der Waals surface area contributed by atoms with Gasteiger partial charge in [0.2, 0.25) is 0 Å². The van der Waals surface area contributed by atoms with Crippen molar-refractivity contribution < 1.29 is 19.4 Å². The number of hydrogen-bond acceptors (Lipinski definition) is 4. The molecule has 2 rings (SSSR count). The van der Waals surface area contributed by atoms with Gasteiger partial charge in [-0.2, -0.15) is 0 Å². The second kappa shape index (κ2) is 7.93. The summed E-state index contributed by atoms with van der Waals surface area (Å²) < 4.78 is 11.2. The number of ether oxygens (including phenoxy) is 2. The van der Waals surface area contributed by atoms with Crippen molar-refractivity contribution in [2.45, 2.75) is 19.3 Å². The first-order valence-corrected chi connectivity index (χ1v) is 7.12. The van der Waals surface area contributed by atoms with Gasteiger partial charge in [-0.1, -0.05) is 18.2 Å². The molecule has 0 aromatic heterocycles. The van der Waals surface area contributed by atoms with Crippen molar-refractivity contribution >= 4 is 11.7 Å². The van der Waals surface area contributed by atoms with Gasteiger partial charge in [-0.3, -0.25) is 4.79 Å². The number of carbonyl (C=O) groups is 1. The van der Waals surface area contributed by atoms with Gasteiger partial charge in [0.25, 0.3) is 0 Å². The van der Waals surface area contributed by atoms with Gasteiger partial charge >= 0.3 is 5.97 Å². The molecule has 3 N–H and O–H groups in total. The Balaban J connectivity index is 1.85. The number of nitrogen functional groups attached to an aromatic ring is 1. The predicted molar refractivity (Wildman–Crippen MR) is 84.4 cm³/mol. The van der Waals surface area contributed by atoms with Crippen molar-refractivity contribution in [3.63, 3.8) is 0 Å². The molecule has 22 heavy (non-hydrogen) atoms. The molecule has 0 aliphatic rings. The summed E-state index contributed by atoms with van der Waals surface area (Å²) in [5, 5.41) is 8.55. The molecule has 0 amide bonds. The van der Waals surface area contributed by atoms with Gasteiger partial charge < -0.3 is 20.3 Å². The van der Waals surface area contributed by atoms with Gasteiger partial charge in [0.05, 0.1) is 12.3 Å². The number of nitrogens with two attached hydrogens (primary N) is 1. The second-order valence-corrected chi connectivity index (χ2v) is 4.81. The molecule has 2 aromatic carbocycles. The Kier molecular flexibility index (Phi) is 5.65. The monoisotopic (exact) mass is 301 g/mol. The standard InChI is InChI=1S/C17H19NO4/c18-15-12-14(22-13-6-2-1-3-7-13)9-10-16(15)21-11-5-4-8-17(19)20/h1-3,6-7,9-10,12H,4-5,8,11,18H2,(H,19,20). The molecule has 2 aromatic rings. The van der Waals surface area contributed by atoms with E-state index in [1.54, 1.807) is 18.2 Å². The Hall–Kier alpha value is -2.69. The minimum atomic E-state index is -0.790. The molecular formula is C17H19NO4. The summed E-state index contributed by atoms with van der Waals surface area (Å²) in [6.45, 7) is 0.441. The van der Waals surface area contributed by atoms with Crippen LogP contribution < -0.4 is 15.2 Å². The van der Waals surface area contributed by atoms with E-state index in [1.165, 1.54) is 0 Å². The summed E-state index contributed by atoms with van der Waals surface area (Å²) >= 11 is 0. The van der Waals surface area contributed by atoms with Crippen molar-refractivity contribution in [2.24, 2.45) is 0 Å². The van der Waals surface area contributed by atoms with Crippen LogP contribution in [-0.2, 0) is 4.79 Å². The fourth-order valence-corrected chi connectivity index (χ4v) is 1.91. The van der Waals surface area contributed by atoms with E-state index in [0.29, 0.717) is 36.6 Å². The zero-order valence-electron chi connectivity index (χ0n) is 12.2. The summed E-state index contributed by atoms with van der Waals surface area (Å²) in [6.07, 6.45) is 1.42. The summed E-state index contributed by atoms with van der Waals surface area (Å²) in [7, 11) is 0. The van der Waals surface area contributed by atoms with Crippen LogP contribution in [0.3, 0.4) is 0 Å². The lowest BCUT2D eigenvalue weighted by atomic mass is 10.2. The number of unbranched alkanes of at least 4 members (excludes halogenated alkanes) is 1. The van der Waals surface area contributed by atoms with Crippen LogP contribution in [-0.4, -0.2) is 17.7 Å². The lowest BCUT2D eigenvalue weighted by Crippen LogP contribution is -2.02. The van der Waals surface area contributed by atoms with Crippen LogP contribution in [0.5, 0.6) is 17.2 Å². The molecule has 0 heterocycles. The molecule has 0 saturated heterocycles. The number of rotatable bonds is 8. The number of hydrogen-bond donors (Lipinski definition) is 2. The maximum Gasteiger partial charge on any atom is 0.303 e. The molecule has 0 fully saturated rings. The summed E-state index contributed by atoms with van der Waals surface area (Å²) in [5.74, 6) is 1.17. The lowest BCUT2D eigenvalue weighted by Gasteiger charge is -2.11. The Bertz CT molecular complexity index is 613. The third-order valence-electron chi connectivity index (χ3n) is 3.00. The Morgan fingerprint density at radius 2 is 1.82 bits per heavy atom. The van der Waals surface area contributed by atoms with Crippen molar-refractivity contribution in [1.82, 2.24) is 0 Å². The molecular weight excluding hydrogens is 282 g/mol. The fourth-order valence-electron chi connectivity index (χ4n) is 1.91. The number of para-hydroxylation sites is 1. The summed E-state index contributed by atoms with van der Waals surface area (Å²) in [6, 6.07) is 14.7. The highest BCUT2D eigenvalue weighted by molar-refractivity contribution is 5.66. The molecule has 0 spiro atoms. The molecule has 0 aliphatic heterocycles. The van der Waals surface area contributed by atoms with E-state index >= 15 is 0 Å². The SMILES string of the molecule is Nc1cc(Oc2ccccc2)ccc1OCCCCC(=O)O. The average molecular weight is 301 g/mol. The maximum absolute atomic E-state index is 10.4. The number of aliphatic carboxylic acids is 1. The zero-order valence-corrected chi connectivity index (χ0v) is 12.2. The number of carboxylic acid groups (broad SMARTS) is 1. The van der Waals surface area contributed by atoms with E-state index in [2.05, 4.69) is 0 Å². The van der Waals surface area contributed by atoms with E-state index < -0.39 is 5.97 Å². The quantitative estimate of drug-likeness (QED) is 0.574. The topological polar surface area (TPSA) is 81.8 Å². The van der Waals surface area contributed by atoms with Crippen LogP contribution in [0.25, 0.3) is 0 Å². The second-order valence-electron chi connectivity index (χ2n) is 4.81. The van der Waals surface area contributed by atoms with Gasteiger partial charge in [-0.25, -0.2) is 0 Å². The third-order valence-corrected chi connectivity index (χ3v) is 3.00. The van der Waals surface area contributed by atoms with Crippen LogP contribution in [0, 0.1) is 0 Å². The molecule has 0 saturated carbocycles. The van der Waals surface area contributed by atoms with Crippen molar-refractivity contribution in [3.8, 4) is 17.2 Å². The van der Waals surface area contributed by atoms with Crippen LogP contribution >= 0.6 is 0 Å². The first-order chi connectivity index (χ1) is 10.6. The van der Waals surface area contributed by atoms with Crippen LogP contribution in [0.15, 0.2) is 48.5 Å². The molecule has 0 radical (unpaired) electrons. The Morgan fingerprint density at radius 3 is 2.50 bits per heavy atom. The lowest BCUT2D eigenvalue weighted by molar-refractivity contribution is -0.137. The Morgan fingerprint density at radius 1 is 1.05 bits per heavy atom. The van der Waals surface area contributed by atoms with E-state index in [-0.39, 0.29) is 6.42 Å². The Labute approximate surface area is 129 Å². The highest BCUT2D eigenvalue weighted by Gasteiger charge is 2.04. The van der Waals surface area contributed by atoms with Crippen molar-refractivity contribution in [2.75, 3.05) is 12.3 Å². The van der Waals surface area contributed by atoms with Gasteiger partial charge in [0.15, 0.2) is 0 Å². The van der Waals surface area contributed by atoms with E-state index in [0.717, 1.165) is 5.75 Å². The van der Waals surface area contributed by atoms with Crippen LogP contribution in [0.2, 0.25) is 0 Å². The maximum atomic E-state index is 10.4. The average Bonchev–Trinajstić information content (AvgIpc) is 2.49. The van der Waals surface area contributed by atoms with Gasteiger partial charge in [-0.15, -0.1) is 0 Å². The number of benzene rings is 2. The highest BCUT2D eigenvalue weighted by Crippen LogP contribution is 2.29. The van der Waals surface area contributed by atoms with Crippen molar-refractivity contribution in [1.29, 1.82) is 0 Å². The van der Waals surface area contributed by atoms with Crippen LogP contribution in [0.1, 0.15) is 19.3 Å². The van der Waals surface area contributed by atoms with E-state index in [9.17, 15) is 4.79 Å². The van der Waals surface area contributed by atoms with E-state index in [4.69, 9.17) is 20.3 Å². The zero-order chi connectivity index (χ0) is 15.8. The predicted octanol–water partition coefficient (Wildman–Crippen LogP) is 3.69. The van der Waals surface area contributed by atoms with E-state index in [1.807, 2.05) is 30.3 Å². The molecule has 0 aliphatic carbocycles. The molecule has 0 unspecified atom stereocenters. The minimum absolute atomic E-state index is 0.155. The van der Waals surface area contributed by atoms with Gasteiger partial charge in [0, 0.05) is 12.5 Å². The van der Waals surface area contributed by atoms with Crippen LogP contribution in [0.4, 0.5) is 5.69 Å². The largest absolute Gasteiger partial charge is 0.491 e. The molecule has 0 atom stereocenters. The summed E-state index contributed by atoms with van der Waals surface area (Å²) in [5.41, 5.74) is 6.43. The third kappa shape index (κ3) is 5.01. The molecule has 5 nitrogen and oxygen atoms in total. The molecule has 5 heteroatoms. The smallest absolute Gasteiger partial charge is 0.303 e. The van der Waals surface area contributed by atoms with Crippen molar-refractivity contribution in [3.05, 3.63) is 48.5 Å². The van der Waals surface area contributed by atoms with Gasteiger partial charge in [0.1, 0.15) is 17.2 Å². The first-order valence-electron chi connectivity index (χ1n) is 7.12. The molecule has 116 valence electrons. The van der Waals surface area contributed by atoms with Gasteiger partial charge in [-0.05, 0) is 37.1 Å². The highest BCUT2D eigenvalue weighted by atomic mass is 16.5.